The molecule has 0 saturated heterocycles. The average molecular weight is 207 g/mol. The second-order valence-corrected chi connectivity index (χ2v) is 3.82. The summed E-state index contributed by atoms with van der Waals surface area (Å²) in [6.45, 7) is 2.10. The predicted octanol–water partition coefficient (Wildman–Crippen LogP) is 2.72. The SMILES string of the molecule is CN[C@@H](C)Cc1ccc2cc(F)oc2c1. The van der Waals surface area contributed by atoms with E-state index in [1.807, 2.05) is 25.2 Å². The van der Waals surface area contributed by atoms with Gasteiger partial charge in [-0.25, -0.2) is 0 Å². The Bertz CT molecular complexity index is 464. The summed E-state index contributed by atoms with van der Waals surface area (Å²) in [5, 5.41) is 3.98. The summed E-state index contributed by atoms with van der Waals surface area (Å²) in [5.41, 5.74) is 1.77. The maximum absolute atomic E-state index is 12.8. The zero-order valence-electron chi connectivity index (χ0n) is 8.88. The summed E-state index contributed by atoms with van der Waals surface area (Å²) in [7, 11) is 1.93. The second kappa shape index (κ2) is 4.03. The van der Waals surface area contributed by atoms with Crippen molar-refractivity contribution in [3.63, 3.8) is 0 Å². The van der Waals surface area contributed by atoms with Crippen LogP contribution in [0.3, 0.4) is 0 Å². The Hall–Kier alpha value is -1.35. The van der Waals surface area contributed by atoms with Gasteiger partial charge in [0.25, 0.3) is 6.01 Å². The molecule has 2 nitrogen and oxygen atoms in total. The summed E-state index contributed by atoms with van der Waals surface area (Å²) >= 11 is 0. The van der Waals surface area contributed by atoms with E-state index in [-0.39, 0.29) is 0 Å². The molecule has 1 aromatic heterocycles. The fraction of sp³-hybridized carbons (Fsp3) is 0.333. The lowest BCUT2D eigenvalue weighted by Gasteiger charge is -2.09. The van der Waals surface area contributed by atoms with Gasteiger partial charge in [-0.2, -0.15) is 4.39 Å². The molecule has 3 heteroatoms. The first-order valence-electron chi connectivity index (χ1n) is 5.04. The quantitative estimate of drug-likeness (QED) is 0.837. The Kier molecular flexibility index (Phi) is 2.73. The number of hydrogen-bond acceptors (Lipinski definition) is 2. The van der Waals surface area contributed by atoms with Crippen molar-refractivity contribution in [1.82, 2.24) is 5.32 Å². The molecule has 15 heavy (non-hydrogen) atoms. The van der Waals surface area contributed by atoms with Gasteiger partial charge >= 0.3 is 0 Å². The predicted molar refractivity (Wildman–Crippen MR) is 58.4 cm³/mol. The van der Waals surface area contributed by atoms with E-state index in [9.17, 15) is 4.39 Å². The van der Waals surface area contributed by atoms with Crippen molar-refractivity contribution in [3.05, 3.63) is 35.8 Å². The Balaban J connectivity index is 2.30. The van der Waals surface area contributed by atoms with Crippen molar-refractivity contribution >= 4 is 11.0 Å². The third-order valence-electron chi connectivity index (χ3n) is 2.59. The molecule has 0 unspecified atom stereocenters. The highest BCUT2D eigenvalue weighted by Gasteiger charge is 2.05. The van der Waals surface area contributed by atoms with Crippen molar-refractivity contribution in [2.45, 2.75) is 19.4 Å². The van der Waals surface area contributed by atoms with Crippen LogP contribution in [0.25, 0.3) is 11.0 Å². The van der Waals surface area contributed by atoms with Crippen molar-refractivity contribution < 1.29 is 8.81 Å². The van der Waals surface area contributed by atoms with Crippen LogP contribution in [-0.2, 0) is 6.42 Å². The van der Waals surface area contributed by atoms with Gasteiger partial charge in [0, 0.05) is 17.5 Å². The van der Waals surface area contributed by atoms with E-state index in [1.54, 1.807) is 0 Å². The van der Waals surface area contributed by atoms with Gasteiger partial charge in [-0.1, -0.05) is 12.1 Å². The standard InChI is InChI=1S/C12H14FNO/c1-8(14-2)5-9-3-4-10-7-12(13)15-11(10)6-9/h3-4,6-8,14H,5H2,1-2H3/t8-/m0/s1. The molecule has 0 aliphatic heterocycles. The monoisotopic (exact) mass is 207 g/mol. The van der Waals surface area contributed by atoms with Crippen LogP contribution in [0.4, 0.5) is 4.39 Å². The summed E-state index contributed by atoms with van der Waals surface area (Å²) in [6, 6.07) is 7.07. The average Bonchev–Trinajstić information content (AvgIpc) is 2.57. The summed E-state index contributed by atoms with van der Waals surface area (Å²) in [6.07, 6.45) is 0.911. The number of hydrogen-bond donors (Lipinski definition) is 1. The number of nitrogens with one attached hydrogen (secondary N) is 1. The molecule has 1 heterocycles. The minimum atomic E-state index is -0.524. The first-order chi connectivity index (χ1) is 7.19. The van der Waals surface area contributed by atoms with Gasteiger partial charge in [0.05, 0.1) is 0 Å². The van der Waals surface area contributed by atoms with Crippen LogP contribution in [0.2, 0.25) is 0 Å². The molecule has 80 valence electrons. The molecule has 1 aromatic carbocycles. The molecule has 0 aliphatic rings. The van der Waals surface area contributed by atoms with Gasteiger partial charge < -0.3 is 9.73 Å². The number of likely N-dealkylation sites (N-methyl/N-ethyl adjacent to an activating group) is 1. The fourth-order valence-corrected chi connectivity index (χ4v) is 1.63. The molecule has 0 fully saturated rings. The van der Waals surface area contributed by atoms with E-state index in [0.29, 0.717) is 11.6 Å². The van der Waals surface area contributed by atoms with Crippen LogP contribution in [-0.4, -0.2) is 13.1 Å². The van der Waals surface area contributed by atoms with Crippen molar-refractivity contribution in [1.29, 1.82) is 0 Å². The summed E-state index contributed by atoms with van der Waals surface area (Å²) in [5.74, 6) is 0. The molecule has 0 spiro atoms. The molecule has 2 rings (SSSR count). The van der Waals surface area contributed by atoms with Crippen molar-refractivity contribution in [2.24, 2.45) is 0 Å². The maximum Gasteiger partial charge on any atom is 0.278 e. The van der Waals surface area contributed by atoms with Crippen LogP contribution in [0, 0.1) is 6.01 Å². The molecule has 0 saturated carbocycles. The first kappa shape index (κ1) is 10.2. The van der Waals surface area contributed by atoms with Crippen LogP contribution in [0.1, 0.15) is 12.5 Å². The highest BCUT2D eigenvalue weighted by atomic mass is 19.1. The van der Waals surface area contributed by atoms with Crippen LogP contribution >= 0.6 is 0 Å². The largest absolute Gasteiger partial charge is 0.431 e. The van der Waals surface area contributed by atoms with Gasteiger partial charge in [-0.15, -0.1) is 0 Å². The minimum Gasteiger partial charge on any atom is -0.431 e. The highest BCUT2D eigenvalue weighted by Crippen LogP contribution is 2.20. The number of fused-ring (bicyclic) bond motifs is 1. The maximum atomic E-state index is 12.8. The van der Waals surface area contributed by atoms with Gasteiger partial charge in [-0.3, -0.25) is 0 Å². The molecule has 1 N–H and O–H groups in total. The van der Waals surface area contributed by atoms with Crippen molar-refractivity contribution in [2.75, 3.05) is 7.05 Å². The van der Waals surface area contributed by atoms with E-state index in [2.05, 4.69) is 12.2 Å². The molecule has 0 bridgehead atoms. The highest BCUT2D eigenvalue weighted by molar-refractivity contribution is 5.77. The number of halogens is 1. The molecule has 1 atom stereocenters. The smallest absolute Gasteiger partial charge is 0.278 e. The fourth-order valence-electron chi connectivity index (χ4n) is 1.63. The third kappa shape index (κ3) is 2.18. The van der Waals surface area contributed by atoms with E-state index < -0.39 is 6.01 Å². The summed E-state index contributed by atoms with van der Waals surface area (Å²) < 4.78 is 17.7. The van der Waals surface area contributed by atoms with Crippen LogP contribution in [0.15, 0.2) is 28.7 Å². The molecular formula is C12H14FNO. The lowest BCUT2D eigenvalue weighted by molar-refractivity contribution is 0.381. The number of furan rings is 1. The third-order valence-corrected chi connectivity index (χ3v) is 2.59. The molecular weight excluding hydrogens is 193 g/mol. The van der Waals surface area contributed by atoms with Crippen LogP contribution in [0.5, 0.6) is 0 Å². The second-order valence-electron chi connectivity index (χ2n) is 3.82. The summed E-state index contributed by atoms with van der Waals surface area (Å²) in [4.78, 5) is 0. The Morgan fingerprint density at radius 1 is 1.40 bits per heavy atom. The Morgan fingerprint density at radius 2 is 2.20 bits per heavy atom. The Morgan fingerprint density at radius 3 is 2.93 bits per heavy atom. The van der Waals surface area contributed by atoms with E-state index in [0.717, 1.165) is 17.4 Å². The number of rotatable bonds is 3. The number of benzene rings is 1. The normalized spacial score (nSPS) is 13.3. The van der Waals surface area contributed by atoms with E-state index in [4.69, 9.17) is 4.42 Å². The first-order valence-corrected chi connectivity index (χ1v) is 5.04. The van der Waals surface area contributed by atoms with Gasteiger partial charge in [-0.05, 0) is 32.0 Å². The minimum absolute atomic E-state index is 0.405. The Labute approximate surface area is 88.1 Å². The zero-order chi connectivity index (χ0) is 10.8. The lowest BCUT2D eigenvalue weighted by atomic mass is 10.1. The van der Waals surface area contributed by atoms with Crippen molar-refractivity contribution in [3.8, 4) is 0 Å². The molecule has 2 aromatic rings. The molecule has 0 amide bonds. The van der Waals surface area contributed by atoms with Gasteiger partial charge in [0.1, 0.15) is 5.58 Å². The molecule has 0 radical (unpaired) electrons. The van der Waals surface area contributed by atoms with E-state index in [1.165, 1.54) is 6.07 Å². The molecule has 0 aliphatic carbocycles. The van der Waals surface area contributed by atoms with E-state index >= 15 is 0 Å². The lowest BCUT2D eigenvalue weighted by Crippen LogP contribution is -2.23. The van der Waals surface area contributed by atoms with Gasteiger partial charge in [0.2, 0.25) is 0 Å². The zero-order valence-corrected chi connectivity index (χ0v) is 8.88. The topological polar surface area (TPSA) is 25.2 Å². The van der Waals surface area contributed by atoms with Crippen LogP contribution < -0.4 is 5.32 Å². The van der Waals surface area contributed by atoms with Gasteiger partial charge in [0.15, 0.2) is 0 Å².